The van der Waals surface area contributed by atoms with E-state index in [0.717, 1.165) is 0 Å². The minimum absolute atomic E-state index is 0.00868. The van der Waals surface area contributed by atoms with Crippen LogP contribution in [0.2, 0.25) is 0 Å². The number of carbonyl (C=O) groups excluding carboxylic acids is 1. The van der Waals surface area contributed by atoms with Gasteiger partial charge in [0.15, 0.2) is 53.2 Å². The maximum Gasteiger partial charge on any atom is 0.196 e. The standard InChI is InChI=1S/C25H22O10/c1-32-17-6-11(2-4-14(17)28)24-20(10-26)33-16-5-3-12(7-18(16)34-24)25-23(31)22(30)21-15(29)8-13(27)9-19(21)35-25/h2-9,20,23-28,30-31H,10H2,1H3/t20-,23+,24-,25-/m1/s1/i2D,4D,6D,8D,9D. The van der Waals surface area contributed by atoms with Crippen LogP contribution in [0.4, 0.5) is 0 Å². The van der Waals surface area contributed by atoms with Crippen molar-refractivity contribution in [3.05, 3.63) is 82.4 Å². The van der Waals surface area contributed by atoms with Crippen LogP contribution >= 0.6 is 0 Å². The molecule has 0 fully saturated rings. The number of carbonyl (C=O) groups is 1. The molecule has 2 aromatic carbocycles. The van der Waals surface area contributed by atoms with Crippen molar-refractivity contribution >= 4 is 5.78 Å². The fourth-order valence-electron chi connectivity index (χ4n) is 3.92. The summed E-state index contributed by atoms with van der Waals surface area (Å²) in [5.41, 5.74) is -0.665. The van der Waals surface area contributed by atoms with Crippen LogP contribution in [0.3, 0.4) is 0 Å². The van der Waals surface area contributed by atoms with Gasteiger partial charge >= 0.3 is 0 Å². The molecule has 0 saturated heterocycles. The summed E-state index contributed by atoms with van der Waals surface area (Å²) in [5, 5.41) is 51.5. The Morgan fingerprint density at radius 2 is 1.83 bits per heavy atom. The molecular weight excluding hydrogens is 460 g/mol. The molecule has 10 heteroatoms. The first-order chi connectivity index (χ1) is 18.9. The zero-order valence-corrected chi connectivity index (χ0v) is 18.0. The Morgan fingerprint density at radius 1 is 1.03 bits per heavy atom. The molecule has 0 bridgehead atoms. The van der Waals surface area contributed by atoms with Crippen molar-refractivity contribution < 1.29 is 56.1 Å². The van der Waals surface area contributed by atoms with Gasteiger partial charge in [0.05, 0.1) is 20.6 Å². The molecule has 182 valence electrons. The van der Waals surface area contributed by atoms with Gasteiger partial charge in [0.1, 0.15) is 22.9 Å². The van der Waals surface area contributed by atoms with Crippen molar-refractivity contribution in [3.8, 4) is 23.0 Å². The molecule has 2 heterocycles. The lowest BCUT2D eigenvalue weighted by atomic mass is 9.92. The summed E-state index contributed by atoms with van der Waals surface area (Å²) < 4.78 is 63.0. The van der Waals surface area contributed by atoms with E-state index in [2.05, 4.69) is 0 Å². The lowest BCUT2D eigenvalue weighted by Crippen LogP contribution is -2.36. The molecule has 35 heavy (non-hydrogen) atoms. The number of aromatic hydroxyl groups is 1. The Bertz CT molecular complexity index is 1550. The lowest BCUT2D eigenvalue weighted by molar-refractivity contribution is -0.113. The maximum atomic E-state index is 12.4. The van der Waals surface area contributed by atoms with E-state index in [9.17, 15) is 30.3 Å². The molecule has 0 spiro atoms. The van der Waals surface area contributed by atoms with E-state index in [1.807, 2.05) is 0 Å². The molecule has 2 aromatic rings. The van der Waals surface area contributed by atoms with Gasteiger partial charge in [-0.1, -0.05) is 12.1 Å². The molecule has 0 amide bonds. The zero-order chi connectivity index (χ0) is 29.2. The molecule has 0 unspecified atom stereocenters. The molecule has 4 atom stereocenters. The quantitative estimate of drug-likeness (QED) is 0.434. The third-order valence-electron chi connectivity index (χ3n) is 5.60. The third kappa shape index (κ3) is 3.82. The Hall–Kier alpha value is -4.15. The summed E-state index contributed by atoms with van der Waals surface area (Å²) in [6.07, 6.45) is -5.69. The summed E-state index contributed by atoms with van der Waals surface area (Å²) in [5.74, 6) is -4.45. The number of hydrogen-bond acceptors (Lipinski definition) is 10. The van der Waals surface area contributed by atoms with Crippen LogP contribution in [-0.2, 0) is 9.53 Å². The van der Waals surface area contributed by atoms with Crippen molar-refractivity contribution in [1.29, 1.82) is 0 Å². The summed E-state index contributed by atoms with van der Waals surface area (Å²) in [6.45, 7) is -0.614. The highest BCUT2D eigenvalue weighted by molar-refractivity contribution is 6.09. The molecule has 0 aromatic heterocycles. The summed E-state index contributed by atoms with van der Waals surface area (Å²) in [4.78, 5) is 12.4. The molecule has 5 rings (SSSR count). The Balaban J connectivity index is 1.57. The Labute approximate surface area is 206 Å². The average Bonchev–Trinajstić information content (AvgIpc) is 2.94. The highest BCUT2D eigenvalue weighted by Gasteiger charge is 2.40. The van der Waals surface area contributed by atoms with Crippen LogP contribution in [0.1, 0.15) is 30.2 Å². The van der Waals surface area contributed by atoms with E-state index in [1.54, 1.807) is 0 Å². The van der Waals surface area contributed by atoms with Crippen LogP contribution in [0.15, 0.2) is 71.3 Å². The van der Waals surface area contributed by atoms with Crippen molar-refractivity contribution in [3.63, 3.8) is 0 Å². The van der Waals surface area contributed by atoms with Gasteiger partial charge in [-0.15, -0.1) is 0 Å². The number of hydrogen-bond donors (Lipinski definition) is 5. The van der Waals surface area contributed by atoms with E-state index < -0.39 is 95.6 Å². The minimum atomic E-state index is -1.82. The lowest BCUT2D eigenvalue weighted by Gasteiger charge is -2.35. The molecular formula is C25H22O10. The van der Waals surface area contributed by atoms with Gasteiger partial charge in [-0.3, -0.25) is 4.79 Å². The van der Waals surface area contributed by atoms with E-state index in [4.69, 9.17) is 25.8 Å². The number of ether oxygens (including phenoxy) is 4. The first kappa shape index (κ1) is 17.3. The van der Waals surface area contributed by atoms with Gasteiger partial charge in [0.25, 0.3) is 0 Å². The monoisotopic (exact) mass is 487 g/mol. The maximum absolute atomic E-state index is 12.4. The van der Waals surface area contributed by atoms with Gasteiger partial charge in [-0.2, -0.15) is 0 Å². The highest BCUT2D eigenvalue weighted by atomic mass is 16.6. The number of benzene rings is 2. The first-order valence-corrected chi connectivity index (χ1v) is 10.3. The second-order valence-electron chi connectivity index (χ2n) is 7.75. The summed E-state index contributed by atoms with van der Waals surface area (Å²) in [6, 6.07) is 0.835. The molecule has 2 aliphatic heterocycles. The van der Waals surface area contributed by atoms with Crippen LogP contribution in [0, 0.1) is 0 Å². The van der Waals surface area contributed by atoms with Crippen LogP contribution in [0.25, 0.3) is 0 Å². The van der Waals surface area contributed by atoms with Gasteiger partial charge in [-0.25, -0.2) is 0 Å². The largest absolute Gasteiger partial charge is 0.508 e. The molecule has 3 aliphatic rings. The topological polar surface area (TPSA) is 155 Å². The van der Waals surface area contributed by atoms with E-state index in [1.165, 1.54) is 25.3 Å². The number of allylic oxidation sites excluding steroid dienone is 3. The van der Waals surface area contributed by atoms with Gasteiger partial charge < -0.3 is 44.5 Å². The number of aliphatic hydroxyl groups is 4. The van der Waals surface area contributed by atoms with E-state index >= 15 is 0 Å². The van der Waals surface area contributed by atoms with Crippen molar-refractivity contribution in [2.24, 2.45) is 0 Å². The van der Waals surface area contributed by atoms with Crippen molar-refractivity contribution in [2.45, 2.75) is 24.4 Å². The fourth-order valence-corrected chi connectivity index (χ4v) is 3.92. The number of aliphatic hydroxyl groups excluding tert-OH is 4. The van der Waals surface area contributed by atoms with Crippen molar-refractivity contribution in [1.82, 2.24) is 0 Å². The van der Waals surface area contributed by atoms with E-state index in [0.29, 0.717) is 0 Å². The van der Waals surface area contributed by atoms with Crippen LogP contribution in [-0.4, -0.2) is 57.2 Å². The summed E-state index contributed by atoms with van der Waals surface area (Å²) >= 11 is 0. The van der Waals surface area contributed by atoms with Gasteiger partial charge in [0, 0.05) is 17.7 Å². The predicted octanol–water partition coefficient (Wildman–Crippen LogP) is 2.43. The molecule has 10 nitrogen and oxygen atoms in total. The normalized spacial score (nSPS) is 27.9. The van der Waals surface area contributed by atoms with Crippen molar-refractivity contribution in [2.75, 3.05) is 13.7 Å². The smallest absolute Gasteiger partial charge is 0.196 e. The average molecular weight is 487 g/mol. The highest BCUT2D eigenvalue weighted by Crippen LogP contribution is 2.45. The number of phenols is 1. The molecule has 1 aliphatic carbocycles. The zero-order valence-electron chi connectivity index (χ0n) is 23.0. The third-order valence-corrected chi connectivity index (χ3v) is 5.60. The molecule has 5 N–H and O–H groups in total. The summed E-state index contributed by atoms with van der Waals surface area (Å²) in [7, 11) is 1.17. The van der Waals surface area contributed by atoms with Gasteiger partial charge in [0.2, 0.25) is 0 Å². The Morgan fingerprint density at radius 3 is 2.57 bits per heavy atom. The molecule has 0 radical (unpaired) electrons. The predicted molar refractivity (Wildman–Crippen MR) is 119 cm³/mol. The van der Waals surface area contributed by atoms with E-state index in [-0.39, 0.29) is 28.4 Å². The number of methoxy groups -OCH3 is 1. The first-order valence-electron chi connectivity index (χ1n) is 12.8. The fraction of sp³-hybridized carbons (Fsp3) is 0.240. The second kappa shape index (κ2) is 8.57. The van der Waals surface area contributed by atoms with Gasteiger partial charge in [-0.05, 0) is 29.8 Å². The minimum Gasteiger partial charge on any atom is -0.508 e. The second-order valence-corrected chi connectivity index (χ2v) is 7.75. The number of fused-ring (bicyclic) bond motifs is 2. The Kier molecular flexibility index (Phi) is 4.24. The number of rotatable bonds is 4. The number of ketones is 1. The van der Waals surface area contributed by atoms with Crippen LogP contribution < -0.4 is 14.2 Å². The molecule has 0 saturated carbocycles. The number of phenolic OH excluding ortho intramolecular Hbond substituents is 1. The van der Waals surface area contributed by atoms with Crippen LogP contribution in [0.5, 0.6) is 23.0 Å². The SMILES string of the molecule is [2H]C1=C(O)C([2H])=C2O[C@H](c3ccc4c(c3)O[C@H](c3c([2H])c([2H])c(O)c(OC)c3[2H])[C@@H](CO)O4)[C@@H](O)C(O)=C2C1=O.